The minimum Gasteiger partial charge on any atom is -0.472 e. The minimum absolute atomic E-state index is 0.164. The van der Waals surface area contributed by atoms with Crippen molar-refractivity contribution in [3.63, 3.8) is 0 Å². The first-order valence-corrected chi connectivity index (χ1v) is 9.32. The summed E-state index contributed by atoms with van der Waals surface area (Å²) in [7, 11) is 2.17. The van der Waals surface area contributed by atoms with Gasteiger partial charge in [0.05, 0.1) is 18.2 Å². The Bertz CT molecular complexity index is 949. The molecular formula is C21H24N4O2. The van der Waals surface area contributed by atoms with Crippen LogP contribution in [0.2, 0.25) is 0 Å². The molecule has 1 aromatic carbocycles. The fourth-order valence-electron chi connectivity index (χ4n) is 3.53. The van der Waals surface area contributed by atoms with Crippen molar-refractivity contribution in [1.29, 1.82) is 0 Å². The van der Waals surface area contributed by atoms with Crippen LogP contribution in [0.25, 0.3) is 22.6 Å². The normalized spacial score (nSPS) is 16.3. The van der Waals surface area contributed by atoms with Crippen LogP contribution in [0.1, 0.15) is 12.0 Å². The third-order valence-corrected chi connectivity index (χ3v) is 5.04. The van der Waals surface area contributed by atoms with Gasteiger partial charge in [-0.15, -0.1) is 0 Å². The van der Waals surface area contributed by atoms with Gasteiger partial charge in [-0.05, 0) is 38.2 Å². The van der Waals surface area contributed by atoms with Crippen molar-refractivity contribution in [2.75, 3.05) is 33.2 Å². The maximum Gasteiger partial charge on any atom is 0.251 e. The highest BCUT2D eigenvalue weighted by Crippen LogP contribution is 2.24. The molecule has 0 radical (unpaired) electrons. The molecule has 1 N–H and O–H groups in total. The molecule has 0 saturated carbocycles. The quantitative estimate of drug-likeness (QED) is 0.771. The van der Waals surface area contributed by atoms with Crippen molar-refractivity contribution in [2.45, 2.75) is 13.0 Å². The summed E-state index contributed by atoms with van der Waals surface area (Å²) >= 11 is 0. The van der Waals surface area contributed by atoms with E-state index in [1.54, 1.807) is 12.5 Å². The first-order valence-electron chi connectivity index (χ1n) is 9.32. The maximum atomic E-state index is 12.2. The highest BCUT2D eigenvalue weighted by Gasteiger charge is 2.16. The van der Waals surface area contributed by atoms with Gasteiger partial charge >= 0.3 is 0 Å². The molecule has 6 nitrogen and oxygen atoms in total. The number of likely N-dealkylation sites (N-methyl/N-ethyl adjacent to an activating group) is 1. The average molecular weight is 364 g/mol. The van der Waals surface area contributed by atoms with Gasteiger partial charge in [-0.2, -0.15) is 0 Å². The largest absolute Gasteiger partial charge is 0.472 e. The van der Waals surface area contributed by atoms with Gasteiger partial charge in [-0.25, -0.2) is 4.98 Å². The number of hydrogen-bond acceptors (Lipinski definition) is 5. The van der Waals surface area contributed by atoms with E-state index >= 15 is 0 Å². The van der Waals surface area contributed by atoms with Crippen LogP contribution in [0, 0.1) is 0 Å². The summed E-state index contributed by atoms with van der Waals surface area (Å²) < 4.78 is 5.14. The molecule has 6 heteroatoms. The van der Waals surface area contributed by atoms with Crippen LogP contribution in [-0.4, -0.2) is 53.0 Å². The third kappa shape index (κ3) is 4.18. The van der Waals surface area contributed by atoms with E-state index < -0.39 is 0 Å². The lowest BCUT2D eigenvalue weighted by atomic mass is 10.1. The Labute approximate surface area is 158 Å². The average Bonchev–Trinajstić information content (AvgIpc) is 3.13. The van der Waals surface area contributed by atoms with Crippen LogP contribution in [0.4, 0.5) is 0 Å². The number of H-pyrrole nitrogens is 1. The van der Waals surface area contributed by atoms with Crippen LogP contribution in [-0.2, 0) is 6.54 Å². The number of rotatable bonds is 4. The van der Waals surface area contributed by atoms with Crippen LogP contribution in [0.3, 0.4) is 0 Å². The second-order valence-corrected chi connectivity index (χ2v) is 7.08. The number of nitrogens with one attached hydrogen (secondary N) is 1. The smallest absolute Gasteiger partial charge is 0.251 e. The van der Waals surface area contributed by atoms with E-state index in [2.05, 4.69) is 32.9 Å². The summed E-state index contributed by atoms with van der Waals surface area (Å²) in [5, 5.41) is 0. The molecule has 0 spiro atoms. The minimum atomic E-state index is -0.164. The highest BCUT2D eigenvalue weighted by atomic mass is 16.3. The lowest BCUT2D eigenvalue weighted by Gasteiger charge is -2.21. The van der Waals surface area contributed by atoms with Crippen molar-refractivity contribution >= 4 is 0 Å². The van der Waals surface area contributed by atoms with Crippen LogP contribution in [0.5, 0.6) is 0 Å². The fourth-order valence-corrected chi connectivity index (χ4v) is 3.53. The van der Waals surface area contributed by atoms with Crippen molar-refractivity contribution in [3.05, 3.63) is 64.8 Å². The van der Waals surface area contributed by atoms with Gasteiger partial charge in [0, 0.05) is 36.8 Å². The van der Waals surface area contributed by atoms with Gasteiger partial charge in [0.1, 0.15) is 5.82 Å². The summed E-state index contributed by atoms with van der Waals surface area (Å²) in [6.07, 6.45) is 4.36. The van der Waals surface area contributed by atoms with E-state index in [1.165, 1.54) is 18.1 Å². The van der Waals surface area contributed by atoms with Gasteiger partial charge in [0.15, 0.2) is 0 Å². The molecule has 0 atom stereocenters. The van der Waals surface area contributed by atoms with Crippen LogP contribution in [0.15, 0.2) is 58.1 Å². The van der Waals surface area contributed by atoms with Gasteiger partial charge in [-0.3, -0.25) is 9.69 Å². The standard InChI is InChI=1S/C21H24N4O2/c1-24-8-4-9-25(11-10-24)14-16-5-2-3-6-18(16)21-22-19(13-20(26)23-21)17-7-12-27-15-17/h2-3,5-7,12-13,15H,4,8-11,14H2,1H3,(H,22,23,26). The molecule has 0 amide bonds. The molecule has 4 rings (SSSR count). The molecule has 140 valence electrons. The summed E-state index contributed by atoms with van der Waals surface area (Å²) in [5.41, 5.74) is 3.40. The van der Waals surface area contributed by atoms with E-state index in [4.69, 9.17) is 4.42 Å². The Balaban J connectivity index is 1.66. The topological polar surface area (TPSA) is 65.4 Å². The number of aromatic amines is 1. The highest BCUT2D eigenvalue weighted by molar-refractivity contribution is 5.64. The summed E-state index contributed by atoms with van der Waals surface area (Å²) in [4.78, 5) is 24.7. The number of benzene rings is 1. The maximum absolute atomic E-state index is 12.2. The van der Waals surface area contributed by atoms with Gasteiger partial charge in [-0.1, -0.05) is 24.3 Å². The number of nitrogens with zero attached hydrogens (tertiary/aromatic N) is 3. The number of aromatic nitrogens is 2. The second-order valence-electron chi connectivity index (χ2n) is 7.08. The summed E-state index contributed by atoms with van der Waals surface area (Å²) in [6, 6.07) is 11.5. The summed E-state index contributed by atoms with van der Waals surface area (Å²) in [5.74, 6) is 0.598. The Hall–Kier alpha value is -2.70. The first-order chi connectivity index (χ1) is 13.2. The predicted octanol–water partition coefficient (Wildman–Crippen LogP) is 2.83. The van der Waals surface area contributed by atoms with Crippen molar-refractivity contribution in [3.8, 4) is 22.6 Å². The predicted molar refractivity (Wildman–Crippen MR) is 105 cm³/mol. The molecule has 1 aliphatic rings. The monoisotopic (exact) mass is 364 g/mol. The number of furan rings is 1. The molecule has 1 fully saturated rings. The lowest BCUT2D eigenvalue weighted by molar-refractivity contribution is 0.269. The van der Waals surface area contributed by atoms with Crippen LogP contribution < -0.4 is 5.56 Å². The number of hydrogen-bond donors (Lipinski definition) is 1. The molecule has 3 aromatic rings. The zero-order chi connectivity index (χ0) is 18.6. The Morgan fingerprint density at radius 2 is 2.04 bits per heavy atom. The second kappa shape index (κ2) is 7.90. The lowest BCUT2D eigenvalue weighted by Crippen LogP contribution is -2.28. The Morgan fingerprint density at radius 1 is 1.15 bits per heavy atom. The fraction of sp³-hybridized carbons (Fsp3) is 0.333. The molecular weight excluding hydrogens is 340 g/mol. The zero-order valence-corrected chi connectivity index (χ0v) is 15.5. The molecule has 0 aliphatic carbocycles. The van der Waals surface area contributed by atoms with Crippen molar-refractivity contribution in [1.82, 2.24) is 19.8 Å². The van der Waals surface area contributed by atoms with Gasteiger partial charge in [0.25, 0.3) is 5.56 Å². The Kier molecular flexibility index (Phi) is 5.18. The van der Waals surface area contributed by atoms with Gasteiger partial charge in [0.2, 0.25) is 0 Å². The molecule has 3 heterocycles. The molecule has 2 aromatic heterocycles. The Morgan fingerprint density at radius 3 is 2.89 bits per heavy atom. The SMILES string of the molecule is CN1CCCN(Cc2ccccc2-c2nc(-c3ccoc3)cc(=O)[nH]2)CC1. The van der Waals surface area contributed by atoms with Crippen LogP contribution >= 0.6 is 0 Å². The molecule has 0 bridgehead atoms. The van der Waals surface area contributed by atoms with Crippen molar-refractivity contribution < 1.29 is 4.42 Å². The van der Waals surface area contributed by atoms with E-state index in [1.807, 2.05) is 24.3 Å². The van der Waals surface area contributed by atoms with Crippen molar-refractivity contribution in [2.24, 2.45) is 0 Å². The van der Waals surface area contributed by atoms with Gasteiger partial charge < -0.3 is 14.3 Å². The van der Waals surface area contributed by atoms with E-state index in [9.17, 15) is 4.79 Å². The third-order valence-electron chi connectivity index (χ3n) is 5.04. The van der Waals surface area contributed by atoms with E-state index in [0.717, 1.165) is 43.9 Å². The molecule has 1 saturated heterocycles. The van der Waals surface area contributed by atoms with E-state index in [-0.39, 0.29) is 5.56 Å². The summed E-state index contributed by atoms with van der Waals surface area (Å²) in [6.45, 7) is 5.19. The first kappa shape index (κ1) is 17.7. The van der Waals surface area contributed by atoms with E-state index in [0.29, 0.717) is 11.5 Å². The molecule has 1 aliphatic heterocycles. The molecule has 27 heavy (non-hydrogen) atoms. The zero-order valence-electron chi connectivity index (χ0n) is 15.5. The molecule has 0 unspecified atom stereocenters.